The molecule has 0 unspecified atom stereocenters. The van der Waals surface area contributed by atoms with Gasteiger partial charge in [-0.3, -0.25) is 9.97 Å². The van der Waals surface area contributed by atoms with Crippen LogP contribution in [-0.4, -0.2) is 9.97 Å². The summed E-state index contributed by atoms with van der Waals surface area (Å²) < 4.78 is 0. The molecule has 2 heterocycles. The van der Waals surface area contributed by atoms with Crippen molar-refractivity contribution < 1.29 is 0 Å². The van der Waals surface area contributed by atoms with Gasteiger partial charge in [0.1, 0.15) is 0 Å². The molecule has 2 nitrogen and oxygen atoms in total. The first-order valence-corrected chi connectivity index (χ1v) is 13.1. The molecule has 2 heteroatoms. The van der Waals surface area contributed by atoms with E-state index >= 15 is 0 Å². The molecule has 0 N–H and O–H groups in total. The van der Waals surface area contributed by atoms with Crippen LogP contribution in [0.5, 0.6) is 0 Å². The second-order valence-corrected chi connectivity index (χ2v) is 10.5. The van der Waals surface area contributed by atoms with Crippen LogP contribution in [0.15, 0.2) is 97.3 Å². The summed E-state index contributed by atoms with van der Waals surface area (Å²) in [6.07, 6.45) is 10.1. The topological polar surface area (TPSA) is 25.8 Å². The Bertz CT molecular complexity index is 1670. The van der Waals surface area contributed by atoms with Gasteiger partial charge in [-0.2, -0.15) is 0 Å². The maximum Gasteiger partial charge on any atom is 0.0708 e. The number of hydrogen-bond acceptors (Lipinski definition) is 2. The third-order valence-corrected chi connectivity index (χ3v) is 8.72. The van der Waals surface area contributed by atoms with Crippen LogP contribution in [0.25, 0.3) is 54.8 Å². The summed E-state index contributed by atoms with van der Waals surface area (Å²) in [5.74, 6) is 0. The van der Waals surface area contributed by atoms with Crippen molar-refractivity contribution in [1.82, 2.24) is 9.97 Å². The van der Waals surface area contributed by atoms with Gasteiger partial charge < -0.3 is 0 Å². The van der Waals surface area contributed by atoms with E-state index < -0.39 is 0 Å². The van der Waals surface area contributed by atoms with Gasteiger partial charge in [0.25, 0.3) is 0 Å². The largest absolute Gasteiger partial charge is 0.256 e. The van der Waals surface area contributed by atoms with Crippen molar-refractivity contribution in [3.8, 4) is 22.5 Å². The van der Waals surface area contributed by atoms with Crippen molar-refractivity contribution in [2.24, 2.45) is 0 Å². The normalized spacial score (nSPS) is 16.0. The quantitative estimate of drug-likeness (QED) is 0.240. The zero-order valence-electron chi connectivity index (χ0n) is 20.2. The molecule has 0 bridgehead atoms. The molecule has 2 aromatic heterocycles. The molecule has 4 aromatic carbocycles. The molecule has 1 saturated carbocycles. The molecule has 2 aliphatic rings. The fourth-order valence-electron chi connectivity index (χ4n) is 7.26. The Morgan fingerprint density at radius 2 is 1.08 bits per heavy atom. The van der Waals surface area contributed by atoms with Crippen LogP contribution in [0.2, 0.25) is 0 Å². The van der Waals surface area contributed by atoms with Crippen molar-refractivity contribution in [3.63, 3.8) is 0 Å². The van der Waals surface area contributed by atoms with E-state index in [1.165, 1.54) is 86.7 Å². The Kier molecular flexibility index (Phi) is 4.19. The summed E-state index contributed by atoms with van der Waals surface area (Å²) in [6.45, 7) is 0. The molecule has 1 spiro atoms. The van der Waals surface area contributed by atoms with Gasteiger partial charge in [-0.05, 0) is 92.7 Å². The van der Waals surface area contributed by atoms with Crippen molar-refractivity contribution in [3.05, 3.63) is 108 Å². The van der Waals surface area contributed by atoms with Gasteiger partial charge in [-0.15, -0.1) is 0 Å². The van der Waals surface area contributed by atoms with Crippen LogP contribution >= 0.6 is 0 Å². The Morgan fingerprint density at radius 3 is 1.58 bits per heavy atom. The third-order valence-electron chi connectivity index (χ3n) is 8.72. The minimum atomic E-state index is 0.0721. The van der Waals surface area contributed by atoms with Crippen LogP contribution < -0.4 is 0 Å². The van der Waals surface area contributed by atoms with Crippen molar-refractivity contribution in [2.75, 3.05) is 0 Å². The highest BCUT2D eigenvalue weighted by Crippen LogP contribution is 2.56. The zero-order valence-corrected chi connectivity index (χ0v) is 20.2. The van der Waals surface area contributed by atoms with Gasteiger partial charge in [0.2, 0.25) is 0 Å². The monoisotopic (exact) mass is 462 g/mol. The minimum Gasteiger partial charge on any atom is -0.256 e. The van der Waals surface area contributed by atoms with E-state index in [9.17, 15) is 0 Å². The molecule has 0 amide bonds. The lowest BCUT2D eigenvalue weighted by Gasteiger charge is -2.43. The van der Waals surface area contributed by atoms with E-state index in [-0.39, 0.29) is 5.41 Å². The van der Waals surface area contributed by atoms with E-state index in [0.29, 0.717) is 0 Å². The lowest BCUT2D eigenvalue weighted by molar-refractivity contribution is 0.350. The average Bonchev–Trinajstić information content (AvgIpc) is 2.96. The van der Waals surface area contributed by atoms with E-state index in [2.05, 4.69) is 72.8 Å². The highest BCUT2D eigenvalue weighted by molar-refractivity contribution is 6.29. The van der Waals surface area contributed by atoms with E-state index in [1.807, 2.05) is 24.5 Å². The highest BCUT2D eigenvalue weighted by Gasteiger charge is 2.41. The number of pyridine rings is 2. The summed E-state index contributed by atoms with van der Waals surface area (Å²) in [5, 5.41) is 8.21. The lowest BCUT2D eigenvalue weighted by atomic mass is 9.60. The number of hydrogen-bond donors (Lipinski definition) is 0. The van der Waals surface area contributed by atoms with Crippen LogP contribution in [-0.2, 0) is 5.41 Å². The Labute approximate surface area is 210 Å². The average molecular weight is 463 g/mol. The predicted octanol–water partition coefficient (Wildman–Crippen LogP) is 8.83. The summed E-state index contributed by atoms with van der Waals surface area (Å²) >= 11 is 0. The molecule has 0 radical (unpaired) electrons. The van der Waals surface area contributed by atoms with Gasteiger partial charge in [0.05, 0.1) is 11.4 Å². The van der Waals surface area contributed by atoms with Gasteiger partial charge in [-0.1, -0.05) is 67.8 Å². The molecule has 6 aromatic rings. The number of benzene rings is 4. The first-order chi connectivity index (χ1) is 17.9. The minimum absolute atomic E-state index is 0.0721. The lowest BCUT2D eigenvalue weighted by Crippen LogP contribution is -2.32. The van der Waals surface area contributed by atoms with Crippen molar-refractivity contribution in [1.29, 1.82) is 0 Å². The fraction of sp³-hybridized carbons (Fsp3) is 0.176. The van der Waals surface area contributed by atoms with Crippen LogP contribution in [0, 0.1) is 0 Å². The van der Waals surface area contributed by atoms with E-state index in [0.717, 1.165) is 11.4 Å². The second-order valence-electron chi connectivity index (χ2n) is 10.5. The van der Waals surface area contributed by atoms with E-state index in [4.69, 9.17) is 9.97 Å². The molecule has 0 saturated heterocycles. The molecule has 0 aliphatic heterocycles. The Balaban J connectivity index is 1.63. The molecule has 36 heavy (non-hydrogen) atoms. The summed E-state index contributed by atoms with van der Waals surface area (Å²) in [5.41, 5.74) is 7.62. The molecular formula is C34H26N2. The second kappa shape index (κ2) is 7.48. The van der Waals surface area contributed by atoms with Gasteiger partial charge >= 0.3 is 0 Å². The fourth-order valence-corrected chi connectivity index (χ4v) is 7.26. The first kappa shape index (κ1) is 20.2. The standard InChI is InChI=1S/C34H26N2/c1-4-16-34(17-5-1)27-12-8-10-23-25(29-14-2-6-18-35-29)20-22-21-26(30-15-3-7-19-36-30)24-11-9-13-28(34)33(24)31(22)32(23)27/h2-3,6-15,18-21H,1,4-5,16-17H2. The van der Waals surface area contributed by atoms with Gasteiger partial charge in [0.15, 0.2) is 0 Å². The molecule has 0 atom stereocenters. The van der Waals surface area contributed by atoms with Crippen LogP contribution in [0.4, 0.5) is 0 Å². The Hall–Kier alpha value is -4.04. The molecule has 8 rings (SSSR count). The van der Waals surface area contributed by atoms with Gasteiger partial charge in [0, 0.05) is 28.9 Å². The third kappa shape index (κ3) is 2.62. The predicted molar refractivity (Wildman–Crippen MR) is 149 cm³/mol. The number of aromatic nitrogens is 2. The number of rotatable bonds is 2. The number of nitrogens with zero attached hydrogens (tertiary/aromatic N) is 2. The highest BCUT2D eigenvalue weighted by atomic mass is 14.7. The first-order valence-electron chi connectivity index (χ1n) is 13.1. The smallest absolute Gasteiger partial charge is 0.0708 e. The van der Waals surface area contributed by atoms with Crippen LogP contribution in [0.3, 0.4) is 0 Å². The summed E-state index contributed by atoms with van der Waals surface area (Å²) in [7, 11) is 0. The van der Waals surface area contributed by atoms with Crippen LogP contribution in [0.1, 0.15) is 43.2 Å². The SMILES string of the molecule is c1ccc(-c2cc3cc(-c4ccccn4)c4cccc5c4c3c3c(cccc23)C52CCCCC2)nc1. The molecule has 1 fully saturated rings. The molecular weight excluding hydrogens is 436 g/mol. The maximum atomic E-state index is 4.79. The Morgan fingerprint density at radius 1 is 0.528 bits per heavy atom. The summed E-state index contributed by atoms with van der Waals surface area (Å²) in [4.78, 5) is 9.57. The van der Waals surface area contributed by atoms with Crippen molar-refractivity contribution in [2.45, 2.75) is 37.5 Å². The molecule has 172 valence electrons. The summed E-state index contributed by atoms with van der Waals surface area (Å²) in [6, 6.07) is 31.2. The van der Waals surface area contributed by atoms with Crippen molar-refractivity contribution >= 4 is 32.3 Å². The molecule has 2 aliphatic carbocycles. The van der Waals surface area contributed by atoms with Gasteiger partial charge in [-0.25, -0.2) is 0 Å². The zero-order chi connectivity index (χ0) is 23.7. The number of fused-ring (bicyclic) bond motifs is 2. The maximum absolute atomic E-state index is 4.79. The van der Waals surface area contributed by atoms with E-state index in [1.54, 1.807) is 0 Å².